The topological polar surface area (TPSA) is 66.4 Å². The van der Waals surface area contributed by atoms with E-state index in [9.17, 15) is 8.42 Å². The van der Waals surface area contributed by atoms with Crippen LogP contribution in [0.1, 0.15) is 32.1 Å². The van der Waals surface area contributed by atoms with E-state index >= 15 is 0 Å². The van der Waals surface area contributed by atoms with Crippen LogP contribution in [0.15, 0.2) is 0 Å². The molecule has 0 spiro atoms. The molecule has 3 unspecified atom stereocenters. The molecule has 0 amide bonds. The van der Waals surface area contributed by atoms with Crippen molar-refractivity contribution in [3.05, 3.63) is 0 Å². The van der Waals surface area contributed by atoms with Crippen molar-refractivity contribution in [2.45, 2.75) is 32.1 Å². The van der Waals surface area contributed by atoms with Gasteiger partial charge in [-0.3, -0.25) is 0 Å². The Morgan fingerprint density at radius 3 is 2.62 bits per heavy atom. The number of hydrogen-bond acceptors (Lipinski definition) is 3. The Hall–Kier alpha value is -0.130. The summed E-state index contributed by atoms with van der Waals surface area (Å²) < 4.78 is 25.7. The van der Waals surface area contributed by atoms with Gasteiger partial charge in [0, 0.05) is 13.2 Å². The molecule has 4 nitrogen and oxygen atoms in total. The number of sulfonamides is 1. The lowest BCUT2D eigenvalue weighted by molar-refractivity contribution is 0.295. The lowest BCUT2D eigenvalue weighted by atomic mass is 9.89. The molecule has 3 atom stereocenters. The number of rotatable bonds is 6. The minimum Gasteiger partial charge on any atom is -0.396 e. The molecule has 0 radical (unpaired) electrons. The highest BCUT2D eigenvalue weighted by molar-refractivity contribution is 7.89. The van der Waals surface area contributed by atoms with E-state index in [-0.39, 0.29) is 12.4 Å². The molecule has 2 fully saturated rings. The molecule has 2 N–H and O–H groups in total. The molecule has 0 aromatic rings. The van der Waals surface area contributed by atoms with Gasteiger partial charge >= 0.3 is 0 Å². The second-order valence-electron chi connectivity index (χ2n) is 5.18. The Morgan fingerprint density at radius 2 is 2.06 bits per heavy atom. The summed E-state index contributed by atoms with van der Waals surface area (Å²) in [7, 11) is -3.16. The van der Waals surface area contributed by atoms with E-state index in [1.807, 2.05) is 0 Å². The average Bonchev–Trinajstić information content (AvgIpc) is 2.85. The van der Waals surface area contributed by atoms with Crippen LogP contribution in [0.3, 0.4) is 0 Å². The molecular formula is C11H21NO3S. The van der Waals surface area contributed by atoms with Gasteiger partial charge in [0.05, 0.1) is 5.75 Å². The molecule has 0 aromatic heterocycles. The zero-order valence-electron chi connectivity index (χ0n) is 9.56. The summed E-state index contributed by atoms with van der Waals surface area (Å²) in [5.41, 5.74) is 0. The van der Waals surface area contributed by atoms with E-state index in [0.717, 1.165) is 11.8 Å². The minimum absolute atomic E-state index is 0.0459. The normalized spacial score (nSPS) is 33.4. The quantitative estimate of drug-likeness (QED) is 0.727. The third-order valence-electron chi connectivity index (χ3n) is 4.02. The molecule has 94 valence electrons. The van der Waals surface area contributed by atoms with Gasteiger partial charge in [-0.2, -0.15) is 0 Å². The molecule has 0 aliphatic heterocycles. The SMILES string of the molecule is O=S(=O)(CCCO)NCC1CC2CCC1C2. The monoisotopic (exact) mass is 247 g/mol. The molecule has 2 rings (SSSR count). The maximum Gasteiger partial charge on any atom is 0.211 e. The van der Waals surface area contributed by atoms with Crippen molar-refractivity contribution < 1.29 is 13.5 Å². The summed E-state index contributed by atoms with van der Waals surface area (Å²) in [5.74, 6) is 2.22. The first-order valence-corrected chi connectivity index (χ1v) is 7.84. The highest BCUT2D eigenvalue weighted by atomic mass is 32.2. The smallest absolute Gasteiger partial charge is 0.211 e. The number of hydrogen-bond donors (Lipinski definition) is 2. The van der Waals surface area contributed by atoms with Crippen LogP contribution in [0.5, 0.6) is 0 Å². The maximum absolute atomic E-state index is 11.5. The van der Waals surface area contributed by atoms with Crippen molar-refractivity contribution in [1.82, 2.24) is 4.72 Å². The summed E-state index contributed by atoms with van der Waals surface area (Å²) in [6.45, 7) is 0.546. The first kappa shape index (κ1) is 12.3. The van der Waals surface area contributed by atoms with Crippen molar-refractivity contribution in [3.8, 4) is 0 Å². The van der Waals surface area contributed by atoms with E-state index in [1.165, 1.54) is 25.7 Å². The third kappa shape index (κ3) is 2.96. The summed E-state index contributed by atoms with van der Waals surface area (Å²) in [4.78, 5) is 0. The lowest BCUT2D eigenvalue weighted by Gasteiger charge is -2.21. The molecule has 0 heterocycles. The molecule has 2 saturated carbocycles. The van der Waals surface area contributed by atoms with Gasteiger partial charge in [-0.05, 0) is 43.4 Å². The largest absolute Gasteiger partial charge is 0.396 e. The summed E-state index contributed by atoms with van der Waals surface area (Å²) in [6, 6.07) is 0. The lowest BCUT2D eigenvalue weighted by Crippen LogP contribution is -2.33. The second kappa shape index (κ2) is 5.02. The fourth-order valence-electron chi connectivity index (χ4n) is 3.19. The van der Waals surface area contributed by atoms with E-state index < -0.39 is 10.0 Å². The van der Waals surface area contributed by atoms with Gasteiger partial charge in [0.25, 0.3) is 0 Å². The van der Waals surface area contributed by atoms with Crippen molar-refractivity contribution >= 4 is 10.0 Å². The Morgan fingerprint density at radius 1 is 1.25 bits per heavy atom. The van der Waals surface area contributed by atoms with Crippen LogP contribution >= 0.6 is 0 Å². The number of fused-ring (bicyclic) bond motifs is 2. The van der Waals surface area contributed by atoms with Gasteiger partial charge in [0.15, 0.2) is 0 Å². The Bertz CT molecular complexity index is 328. The average molecular weight is 247 g/mol. The van der Waals surface area contributed by atoms with Crippen LogP contribution in [0, 0.1) is 17.8 Å². The Labute approximate surface area is 97.5 Å². The van der Waals surface area contributed by atoms with Gasteiger partial charge in [0.2, 0.25) is 10.0 Å². The van der Waals surface area contributed by atoms with Crippen molar-refractivity contribution in [1.29, 1.82) is 0 Å². The van der Waals surface area contributed by atoms with Gasteiger partial charge in [0.1, 0.15) is 0 Å². The van der Waals surface area contributed by atoms with Crippen molar-refractivity contribution in [2.24, 2.45) is 17.8 Å². The number of nitrogens with one attached hydrogen (secondary N) is 1. The standard InChI is InChI=1S/C11H21NO3S/c13-4-1-5-16(14,15)12-8-11-7-9-2-3-10(11)6-9/h9-13H,1-8H2. The van der Waals surface area contributed by atoms with E-state index in [2.05, 4.69) is 4.72 Å². The van der Waals surface area contributed by atoms with Crippen LogP contribution in [-0.4, -0.2) is 32.4 Å². The predicted octanol–water partition coefficient (Wildman–Crippen LogP) is 0.724. The Kier molecular flexibility index (Phi) is 3.87. The second-order valence-corrected chi connectivity index (χ2v) is 7.11. The van der Waals surface area contributed by atoms with E-state index in [1.54, 1.807) is 0 Å². The van der Waals surface area contributed by atoms with E-state index in [4.69, 9.17) is 5.11 Å². The molecular weight excluding hydrogens is 226 g/mol. The molecule has 2 bridgehead atoms. The zero-order valence-corrected chi connectivity index (χ0v) is 10.4. The Balaban J connectivity index is 1.75. The molecule has 5 heteroatoms. The van der Waals surface area contributed by atoms with Crippen LogP contribution in [0.25, 0.3) is 0 Å². The van der Waals surface area contributed by atoms with Crippen LogP contribution < -0.4 is 4.72 Å². The highest BCUT2D eigenvalue weighted by Crippen LogP contribution is 2.47. The third-order valence-corrected chi connectivity index (χ3v) is 5.45. The highest BCUT2D eigenvalue weighted by Gasteiger charge is 2.39. The number of aliphatic hydroxyl groups is 1. The van der Waals surface area contributed by atoms with Crippen LogP contribution in [0.2, 0.25) is 0 Å². The van der Waals surface area contributed by atoms with Crippen molar-refractivity contribution in [2.75, 3.05) is 18.9 Å². The zero-order chi connectivity index (χ0) is 11.6. The van der Waals surface area contributed by atoms with Crippen LogP contribution in [0.4, 0.5) is 0 Å². The summed E-state index contributed by atoms with van der Waals surface area (Å²) in [5, 5.41) is 8.60. The first-order chi connectivity index (χ1) is 7.61. The van der Waals surface area contributed by atoms with Crippen molar-refractivity contribution in [3.63, 3.8) is 0 Å². The van der Waals surface area contributed by atoms with Gasteiger partial charge in [-0.15, -0.1) is 0 Å². The maximum atomic E-state index is 11.5. The molecule has 0 aromatic carbocycles. The summed E-state index contributed by atoms with van der Waals surface area (Å²) in [6.07, 6.45) is 5.47. The molecule has 16 heavy (non-hydrogen) atoms. The van der Waals surface area contributed by atoms with Gasteiger partial charge in [-0.1, -0.05) is 6.42 Å². The minimum atomic E-state index is -3.16. The molecule has 0 saturated heterocycles. The number of aliphatic hydroxyl groups excluding tert-OH is 1. The molecule has 2 aliphatic carbocycles. The predicted molar refractivity (Wildman–Crippen MR) is 62.4 cm³/mol. The fraction of sp³-hybridized carbons (Fsp3) is 1.00. The fourth-order valence-corrected chi connectivity index (χ4v) is 4.31. The van der Waals surface area contributed by atoms with E-state index in [0.29, 0.717) is 18.9 Å². The van der Waals surface area contributed by atoms with Gasteiger partial charge in [-0.25, -0.2) is 13.1 Å². The summed E-state index contributed by atoms with van der Waals surface area (Å²) >= 11 is 0. The van der Waals surface area contributed by atoms with Gasteiger partial charge < -0.3 is 5.11 Å². The first-order valence-electron chi connectivity index (χ1n) is 6.19. The van der Waals surface area contributed by atoms with Crippen LogP contribution in [-0.2, 0) is 10.0 Å². The molecule has 2 aliphatic rings.